The molecule has 18 heavy (non-hydrogen) atoms. The van der Waals surface area contributed by atoms with Gasteiger partial charge in [-0.1, -0.05) is 12.1 Å². The Kier molecular flexibility index (Phi) is 2.98. The average Bonchev–Trinajstić information content (AvgIpc) is 2.94. The van der Waals surface area contributed by atoms with Gasteiger partial charge in [-0.25, -0.2) is 0 Å². The van der Waals surface area contributed by atoms with Crippen LogP contribution in [0.25, 0.3) is 0 Å². The Morgan fingerprint density at radius 2 is 2.00 bits per heavy atom. The zero-order valence-electron chi connectivity index (χ0n) is 10.3. The standard InChI is InChI=1S/C15H18O3/c16-13-5-2-10(3-6-13)9-15(17)18-14-8-11-1-4-12(14)7-11/h2-3,5-6,11-12,14,16H,1,4,7-9H2/t11-,12-,14+/m0/s1. The van der Waals surface area contributed by atoms with Crippen molar-refractivity contribution >= 4 is 5.97 Å². The molecule has 0 amide bonds. The molecule has 2 aliphatic rings. The summed E-state index contributed by atoms with van der Waals surface area (Å²) >= 11 is 0. The highest BCUT2D eigenvalue weighted by molar-refractivity contribution is 5.72. The van der Waals surface area contributed by atoms with E-state index in [1.807, 2.05) is 0 Å². The molecule has 1 aromatic carbocycles. The number of fused-ring (bicyclic) bond motifs is 2. The number of ether oxygens (including phenoxy) is 1. The number of rotatable bonds is 3. The molecule has 2 bridgehead atoms. The summed E-state index contributed by atoms with van der Waals surface area (Å²) in [5.41, 5.74) is 0.890. The fourth-order valence-electron chi connectivity index (χ4n) is 3.32. The zero-order valence-corrected chi connectivity index (χ0v) is 10.3. The molecular weight excluding hydrogens is 228 g/mol. The Labute approximate surface area is 107 Å². The lowest BCUT2D eigenvalue weighted by Crippen LogP contribution is -2.24. The molecule has 3 rings (SSSR count). The van der Waals surface area contributed by atoms with Gasteiger partial charge < -0.3 is 9.84 Å². The van der Waals surface area contributed by atoms with Crippen LogP contribution in [0.5, 0.6) is 5.75 Å². The van der Waals surface area contributed by atoms with E-state index in [4.69, 9.17) is 4.74 Å². The summed E-state index contributed by atoms with van der Waals surface area (Å²) in [6.07, 6.45) is 5.31. The zero-order chi connectivity index (χ0) is 12.5. The molecule has 0 aliphatic heterocycles. The van der Waals surface area contributed by atoms with Gasteiger partial charge in [0.2, 0.25) is 0 Å². The van der Waals surface area contributed by atoms with Crippen LogP contribution < -0.4 is 0 Å². The number of hydrogen-bond donors (Lipinski definition) is 1. The van der Waals surface area contributed by atoms with Crippen molar-refractivity contribution in [2.24, 2.45) is 11.8 Å². The lowest BCUT2D eigenvalue weighted by Gasteiger charge is -2.21. The largest absolute Gasteiger partial charge is 0.508 e. The molecule has 1 aromatic rings. The number of phenols is 1. The summed E-state index contributed by atoms with van der Waals surface area (Å²) in [6, 6.07) is 6.72. The number of benzene rings is 1. The molecular formula is C15H18O3. The molecule has 3 heteroatoms. The maximum atomic E-state index is 11.8. The fraction of sp³-hybridized carbons (Fsp3) is 0.533. The second-order valence-corrected chi connectivity index (χ2v) is 5.55. The van der Waals surface area contributed by atoms with Crippen LogP contribution in [0.3, 0.4) is 0 Å². The minimum absolute atomic E-state index is 0.141. The van der Waals surface area contributed by atoms with Gasteiger partial charge in [0.15, 0.2) is 0 Å². The van der Waals surface area contributed by atoms with Crippen LogP contribution in [0, 0.1) is 11.8 Å². The number of phenolic OH excluding ortho intramolecular Hbond substituents is 1. The van der Waals surface area contributed by atoms with Crippen molar-refractivity contribution in [1.29, 1.82) is 0 Å². The van der Waals surface area contributed by atoms with Gasteiger partial charge >= 0.3 is 5.97 Å². The summed E-state index contributed by atoms with van der Waals surface area (Å²) in [5, 5.41) is 9.18. The highest BCUT2D eigenvalue weighted by Crippen LogP contribution is 2.45. The first-order valence-corrected chi connectivity index (χ1v) is 6.68. The number of carbonyl (C=O) groups is 1. The molecule has 0 heterocycles. The van der Waals surface area contributed by atoms with Crippen molar-refractivity contribution < 1.29 is 14.6 Å². The quantitative estimate of drug-likeness (QED) is 0.834. The molecule has 2 aliphatic carbocycles. The Hall–Kier alpha value is -1.51. The van der Waals surface area contributed by atoms with E-state index >= 15 is 0 Å². The fourth-order valence-corrected chi connectivity index (χ4v) is 3.32. The minimum atomic E-state index is -0.141. The predicted molar refractivity (Wildman–Crippen MR) is 67.1 cm³/mol. The molecule has 0 saturated heterocycles. The summed E-state index contributed by atoms with van der Waals surface area (Å²) < 4.78 is 5.58. The topological polar surface area (TPSA) is 46.5 Å². The van der Waals surface area contributed by atoms with Crippen molar-refractivity contribution in [1.82, 2.24) is 0 Å². The molecule has 1 N–H and O–H groups in total. The maximum absolute atomic E-state index is 11.8. The van der Waals surface area contributed by atoms with Gasteiger partial charge in [0, 0.05) is 0 Å². The molecule has 2 saturated carbocycles. The second kappa shape index (κ2) is 4.63. The SMILES string of the molecule is O=C(Cc1ccc(O)cc1)O[C@@H]1C[C@H]2CC[C@H]1C2. The number of carbonyl (C=O) groups excluding carboxylic acids is 1. The summed E-state index contributed by atoms with van der Waals surface area (Å²) in [5.74, 6) is 1.48. The molecule has 2 fully saturated rings. The predicted octanol–water partition coefficient (Wildman–Crippen LogP) is 2.67. The van der Waals surface area contributed by atoms with Gasteiger partial charge in [-0.3, -0.25) is 4.79 Å². The summed E-state index contributed by atoms with van der Waals surface area (Å²) in [7, 11) is 0. The first kappa shape index (κ1) is 11.6. The number of aromatic hydroxyl groups is 1. The van der Waals surface area contributed by atoms with Crippen molar-refractivity contribution in [3.05, 3.63) is 29.8 Å². The van der Waals surface area contributed by atoms with Gasteiger partial charge in [0.25, 0.3) is 0 Å². The minimum Gasteiger partial charge on any atom is -0.508 e. The molecule has 0 aromatic heterocycles. The molecule has 96 valence electrons. The van der Waals surface area contributed by atoms with Crippen LogP contribution in [0.15, 0.2) is 24.3 Å². The van der Waals surface area contributed by atoms with Crippen molar-refractivity contribution in [2.45, 2.75) is 38.2 Å². The van der Waals surface area contributed by atoms with E-state index in [0.29, 0.717) is 12.3 Å². The highest BCUT2D eigenvalue weighted by Gasteiger charge is 2.41. The van der Waals surface area contributed by atoms with Crippen LogP contribution in [-0.4, -0.2) is 17.2 Å². The number of hydrogen-bond acceptors (Lipinski definition) is 3. The third kappa shape index (κ3) is 2.35. The molecule has 0 unspecified atom stereocenters. The normalized spacial score (nSPS) is 29.4. The van der Waals surface area contributed by atoms with E-state index in [2.05, 4.69) is 0 Å². The average molecular weight is 246 g/mol. The third-order valence-electron chi connectivity index (χ3n) is 4.24. The van der Waals surface area contributed by atoms with Gasteiger partial charge in [-0.05, 0) is 55.2 Å². The van der Waals surface area contributed by atoms with Gasteiger partial charge in [0.05, 0.1) is 6.42 Å². The second-order valence-electron chi connectivity index (χ2n) is 5.55. The van der Waals surface area contributed by atoms with E-state index < -0.39 is 0 Å². The molecule has 0 spiro atoms. The Morgan fingerprint density at radius 1 is 1.22 bits per heavy atom. The number of esters is 1. The summed E-state index contributed by atoms with van der Waals surface area (Å²) in [4.78, 5) is 11.8. The van der Waals surface area contributed by atoms with Crippen LogP contribution in [0.1, 0.15) is 31.2 Å². The monoisotopic (exact) mass is 246 g/mol. The van der Waals surface area contributed by atoms with Crippen molar-refractivity contribution in [2.75, 3.05) is 0 Å². The molecule has 3 nitrogen and oxygen atoms in total. The van der Waals surface area contributed by atoms with E-state index in [0.717, 1.165) is 17.9 Å². The van der Waals surface area contributed by atoms with Crippen LogP contribution >= 0.6 is 0 Å². The van der Waals surface area contributed by atoms with Crippen LogP contribution in [0.2, 0.25) is 0 Å². The Morgan fingerprint density at radius 3 is 2.61 bits per heavy atom. The maximum Gasteiger partial charge on any atom is 0.310 e. The Balaban J connectivity index is 1.54. The van der Waals surface area contributed by atoms with Crippen molar-refractivity contribution in [3.8, 4) is 5.75 Å². The van der Waals surface area contributed by atoms with Gasteiger partial charge in [-0.2, -0.15) is 0 Å². The first-order chi connectivity index (χ1) is 8.70. The van der Waals surface area contributed by atoms with Crippen LogP contribution in [-0.2, 0) is 16.0 Å². The van der Waals surface area contributed by atoms with Gasteiger partial charge in [-0.15, -0.1) is 0 Å². The molecule has 3 atom stereocenters. The van der Waals surface area contributed by atoms with E-state index in [-0.39, 0.29) is 17.8 Å². The van der Waals surface area contributed by atoms with E-state index in [9.17, 15) is 9.90 Å². The Bertz CT molecular complexity index is 438. The van der Waals surface area contributed by atoms with Crippen LogP contribution in [0.4, 0.5) is 0 Å². The smallest absolute Gasteiger partial charge is 0.310 e. The third-order valence-corrected chi connectivity index (χ3v) is 4.24. The molecule has 0 radical (unpaired) electrons. The van der Waals surface area contributed by atoms with Gasteiger partial charge in [0.1, 0.15) is 11.9 Å². The first-order valence-electron chi connectivity index (χ1n) is 6.68. The van der Waals surface area contributed by atoms with E-state index in [1.165, 1.54) is 19.3 Å². The lowest BCUT2D eigenvalue weighted by molar-refractivity contribution is -0.150. The highest BCUT2D eigenvalue weighted by atomic mass is 16.5. The summed E-state index contributed by atoms with van der Waals surface area (Å²) in [6.45, 7) is 0. The van der Waals surface area contributed by atoms with E-state index in [1.54, 1.807) is 24.3 Å². The lowest BCUT2D eigenvalue weighted by atomic mass is 9.98. The van der Waals surface area contributed by atoms with Crippen molar-refractivity contribution in [3.63, 3.8) is 0 Å².